The van der Waals surface area contributed by atoms with E-state index >= 15 is 0 Å². The summed E-state index contributed by atoms with van der Waals surface area (Å²) >= 11 is 0. The van der Waals surface area contributed by atoms with Crippen LogP contribution >= 0.6 is 7.82 Å². The smallest absolute Gasteiger partial charge is 0.444 e. The van der Waals surface area contributed by atoms with Crippen molar-refractivity contribution in [1.29, 1.82) is 0 Å². The zero-order valence-corrected chi connectivity index (χ0v) is 13.6. The Morgan fingerprint density at radius 2 is 2.14 bits per heavy atom. The first-order chi connectivity index (χ1) is 10.1. The lowest BCUT2D eigenvalue weighted by molar-refractivity contribution is 0.0479. The molecule has 8 nitrogen and oxygen atoms in total. The lowest BCUT2D eigenvalue weighted by Gasteiger charge is -2.23. The van der Waals surface area contributed by atoms with Crippen LogP contribution in [-0.4, -0.2) is 39.1 Å². The van der Waals surface area contributed by atoms with Crippen molar-refractivity contribution in [2.24, 2.45) is 0 Å². The summed E-state index contributed by atoms with van der Waals surface area (Å²) in [6, 6.07) is 2.85. The number of carbonyl (C=O) groups is 1. The second-order valence-corrected chi connectivity index (χ2v) is 6.93. The summed E-state index contributed by atoms with van der Waals surface area (Å²) in [5.41, 5.74) is 0.116. The molecule has 0 spiro atoms. The number of amides is 1. The van der Waals surface area contributed by atoms with Crippen molar-refractivity contribution in [1.82, 2.24) is 10.3 Å². The summed E-state index contributed by atoms with van der Waals surface area (Å²) in [6.07, 6.45) is 2.82. The highest BCUT2D eigenvalue weighted by Crippen LogP contribution is 2.35. The van der Waals surface area contributed by atoms with Crippen molar-refractivity contribution in [3.63, 3.8) is 0 Å². The summed E-state index contributed by atoms with van der Waals surface area (Å²) in [5, 5.41) is 2.54. The highest BCUT2D eigenvalue weighted by molar-refractivity contribution is 7.46. The molecule has 0 fully saturated rings. The van der Waals surface area contributed by atoms with Gasteiger partial charge in [-0.1, -0.05) is 6.07 Å². The fourth-order valence-corrected chi connectivity index (χ4v) is 1.99. The van der Waals surface area contributed by atoms with E-state index in [2.05, 4.69) is 14.8 Å². The number of rotatable bonds is 6. The minimum Gasteiger partial charge on any atom is -0.444 e. The molecular formula is C13H21N2O6P. The number of nitrogens with one attached hydrogen (secondary N) is 1. The van der Waals surface area contributed by atoms with Crippen molar-refractivity contribution in [2.75, 3.05) is 6.61 Å². The number of carbonyl (C=O) groups excluding carboxylic acids is 1. The van der Waals surface area contributed by atoms with E-state index in [0.29, 0.717) is 6.42 Å². The van der Waals surface area contributed by atoms with Gasteiger partial charge in [0, 0.05) is 12.4 Å². The minimum atomic E-state index is -4.62. The predicted octanol–water partition coefficient (Wildman–Crippen LogP) is 1.63. The van der Waals surface area contributed by atoms with Crippen LogP contribution in [0.25, 0.3) is 0 Å². The van der Waals surface area contributed by atoms with E-state index in [1.165, 1.54) is 0 Å². The lowest BCUT2D eigenvalue weighted by atomic mass is 10.1. The molecule has 22 heavy (non-hydrogen) atoms. The maximum atomic E-state index is 11.8. The third-order valence-electron chi connectivity index (χ3n) is 2.37. The Balaban J connectivity index is 2.69. The quantitative estimate of drug-likeness (QED) is 0.677. The maximum absolute atomic E-state index is 11.8. The normalized spacial score (nSPS) is 13.5. The van der Waals surface area contributed by atoms with Gasteiger partial charge in [0.05, 0.1) is 12.6 Å². The molecule has 0 saturated carbocycles. The number of alkyl carbamates (subject to hydrolysis) is 1. The van der Waals surface area contributed by atoms with Crippen LogP contribution in [0.2, 0.25) is 0 Å². The van der Waals surface area contributed by atoms with Gasteiger partial charge in [0.1, 0.15) is 5.60 Å². The number of ether oxygens (including phenoxy) is 1. The number of hydrogen-bond acceptors (Lipinski definition) is 5. The van der Waals surface area contributed by atoms with Gasteiger partial charge in [-0.25, -0.2) is 9.36 Å². The first-order valence-corrected chi connectivity index (χ1v) is 8.17. The standard InChI is InChI=1S/C13H21N2O6P/c1-13(2,3)21-12(16)15-11(9-20-22(17,18)19)7-10-5-4-6-14-8-10/h4-6,8,11H,7,9H2,1-3H3,(H,15,16)(H2,17,18,19). The Hall–Kier alpha value is -1.47. The molecule has 0 aliphatic rings. The van der Waals surface area contributed by atoms with Crippen LogP contribution in [0.15, 0.2) is 24.5 Å². The molecule has 0 aromatic carbocycles. The van der Waals surface area contributed by atoms with Gasteiger partial charge in [-0.3, -0.25) is 9.51 Å². The van der Waals surface area contributed by atoms with E-state index in [0.717, 1.165) is 5.56 Å². The van der Waals surface area contributed by atoms with Crippen LogP contribution in [0.1, 0.15) is 26.3 Å². The van der Waals surface area contributed by atoms with Gasteiger partial charge < -0.3 is 19.8 Å². The van der Waals surface area contributed by atoms with E-state index in [1.54, 1.807) is 45.3 Å². The van der Waals surface area contributed by atoms with Crippen LogP contribution in [-0.2, 0) is 20.2 Å². The zero-order chi connectivity index (χ0) is 16.8. The fourth-order valence-electron chi connectivity index (χ4n) is 1.62. The van der Waals surface area contributed by atoms with Gasteiger partial charge in [0.15, 0.2) is 0 Å². The Morgan fingerprint density at radius 3 is 2.64 bits per heavy atom. The molecule has 1 unspecified atom stereocenters. The Kier molecular flexibility index (Phi) is 6.49. The highest BCUT2D eigenvalue weighted by atomic mass is 31.2. The Bertz CT molecular complexity index is 525. The van der Waals surface area contributed by atoms with E-state index < -0.39 is 25.6 Å². The molecular weight excluding hydrogens is 311 g/mol. The summed E-state index contributed by atoms with van der Waals surface area (Å²) < 4.78 is 20.4. The molecule has 0 saturated heterocycles. The highest BCUT2D eigenvalue weighted by Gasteiger charge is 2.23. The van der Waals surface area contributed by atoms with E-state index in [9.17, 15) is 9.36 Å². The van der Waals surface area contributed by atoms with E-state index in [4.69, 9.17) is 14.5 Å². The summed E-state index contributed by atoms with van der Waals surface area (Å²) in [7, 11) is -4.62. The van der Waals surface area contributed by atoms with Gasteiger partial charge in [0.2, 0.25) is 0 Å². The average Bonchev–Trinajstić information content (AvgIpc) is 2.34. The monoisotopic (exact) mass is 332 g/mol. The van der Waals surface area contributed by atoms with Gasteiger partial charge in [-0.05, 0) is 38.8 Å². The number of nitrogens with zero attached hydrogens (tertiary/aromatic N) is 1. The van der Waals surface area contributed by atoms with Crippen LogP contribution in [0, 0.1) is 0 Å². The van der Waals surface area contributed by atoms with E-state index in [-0.39, 0.29) is 6.61 Å². The molecule has 1 aromatic rings. The van der Waals surface area contributed by atoms with E-state index in [1.807, 2.05) is 0 Å². The van der Waals surface area contributed by atoms with Gasteiger partial charge in [0.25, 0.3) is 0 Å². The van der Waals surface area contributed by atoms with Gasteiger partial charge in [-0.2, -0.15) is 0 Å². The molecule has 9 heteroatoms. The van der Waals surface area contributed by atoms with Crippen LogP contribution < -0.4 is 5.32 Å². The topological polar surface area (TPSA) is 118 Å². The third-order valence-corrected chi connectivity index (χ3v) is 2.86. The second kappa shape index (κ2) is 7.69. The minimum absolute atomic E-state index is 0.299. The first kappa shape index (κ1) is 18.6. The Morgan fingerprint density at radius 1 is 1.45 bits per heavy atom. The zero-order valence-electron chi connectivity index (χ0n) is 12.7. The molecule has 0 aliphatic carbocycles. The molecule has 0 aliphatic heterocycles. The summed E-state index contributed by atoms with van der Waals surface area (Å²) in [4.78, 5) is 33.3. The van der Waals surface area contributed by atoms with Crippen LogP contribution in [0.4, 0.5) is 4.79 Å². The van der Waals surface area contributed by atoms with Gasteiger partial charge >= 0.3 is 13.9 Å². The van der Waals surface area contributed by atoms with Crippen molar-refractivity contribution in [3.05, 3.63) is 30.1 Å². The fraction of sp³-hybridized carbons (Fsp3) is 0.538. The van der Waals surface area contributed by atoms with Crippen LogP contribution in [0.3, 0.4) is 0 Å². The number of aromatic nitrogens is 1. The number of hydrogen-bond donors (Lipinski definition) is 3. The molecule has 0 bridgehead atoms. The third kappa shape index (κ3) is 8.74. The molecule has 3 N–H and O–H groups in total. The molecule has 1 amide bonds. The first-order valence-electron chi connectivity index (χ1n) is 6.64. The molecule has 1 heterocycles. The summed E-state index contributed by atoms with van der Waals surface area (Å²) in [6.45, 7) is 4.80. The Labute approximate surface area is 129 Å². The average molecular weight is 332 g/mol. The predicted molar refractivity (Wildman–Crippen MR) is 79.1 cm³/mol. The van der Waals surface area contributed by atoms with Crippen molar-refractivity contribution >= 4 is 13.9 Å². The number of phosphoric acid groups is 1. The molecule has 1 aromatic heterocycles. The second-order valence-electron chi connectivity index (χ2n) is 5.69. The van der Waals surface area contributed by atoms with Crippen molar-refractivity contribution in [3.8, 4) is 0 Å². The molecule has 124 valence electrons. The lowest BCUT2D eigenvalue weighted by Crippen LogP contribution is -2.42. The largest absolute Gasteiger partial charge is 0.469 e. The van der Waals surface area contributed by atoms with Crippen molar-refractivity contribution in [2.45, 2.75) is 38.8 Å². The SMILES string of the molecule is CC(C)(C)OC(=O)NC(COP(=O)(O)O)Cc1cccnc1. The van der Waals surface area contributed by atoms with Crippen LogP contribution in [0.5, 0.6) is 0 Å². The summed E-state index contributed by atoms with van der Waals surface area (Å²) in [5.74, 6) is 0. The maximum Gasteiger partial charge on any atom is 0.469 e. The van der Waals surface area contributed by atoms with Gasteiger partial charge in [-0.15, -0.1) is 0 Å². The molecule has 0 radical (unpaired) electrons. The number of pyridine rings is 1. The molecule has 1 rings (SSSR count). The molecule has 1 atom stereocenters. The van der Waals surface area contributed by atoms with Crippen molar-refractivity contribution < 1.29 is 28.4 Å². The number of phosphoric ester groups is 1.